The lowest BCUT2D eigenvalue weighted by Gasteiger charge is -2.36. The highest BCUT2D eigenvalue weighted by molar-refractivity contribution is 5.51. The Morgan fingerprint density at radius 2 is 1.71 bits per heavy atom. The first kappa shape index (κ1) is 16.6. The summed E-state index contributed by atoms with van der Waals surface area (Å²) in [5.41, 5.74) is 2.60. The van der Waals surface area contributed by atoms with Crippen LogP contribution in [-0.2, 0) is 0 Å². The van der Waals surface area contributed by atoms with Gasteiger partial charge in [0, 0.05) is 43.6 Å². The van der Waals surface area contributed by atoms with Crippen LogP contribution in [0.25, 0.3) is 0 Å². The lowest BCUT2D eigenvalue weighted by atomic mass is 10.1. The first-order chi connectivity index (χ1) is 11.4. The van der Waals surface area contributed by atoms with Crippen LogP contribution < -0.4 is 15.1 Å². The second-order valence-electron chi connectivity index (χ2n) is 7.43. The van der Waals surface area contributed by atoms with Crippen LogP contribution in [-0.4, -0.2) is 41.7 Å². The third kappa shape index (κ3) is 4.16. The van der Waals surface area contributed by atoms with Crippen LogP contribution in [0.5, 0.6) is 0 Å². The maximum absolute atomic E-state index is 4.68. The van der Waals surface area contributed by atoms with Gasteiger partial charge in [-0.25, -0.2) is 4.98 Å². The van der Waals surface area contributed by atoms with Crippen molar-refractivity contribution in [2.45, 2.75) is 33.2 Å². The molecule has 1 aromatic carbocycles. The highest BCUT2D eigenvalue weighted by atomic mass is 15.3. The fraction of sp³-hybridized carbons (Fsp3) is 0.474. The second kappa shape index (κ2) is 6.67. The third-order valence-corrected chi connectivity index (χ3v) is 4.08. The van der Waals surface area contributed by atoms with E-state index in [0.717, 1.165) is 37.9 Å². The number of rotatable bonds is 3. The summed E-state index contributed by atoms with van der Waals surface area (Å²) in [6.45, 7) is 12.4. The van der Waals surface area contributed by atoms with E-state index in [-0.39, 0.29) is 5.54 Å². The number of nitrogens with zero attached hydrogens (tertiary/aromatic N) is 4. The van der Waals surface area contributed by atoms with Crippen LogP contribution >= 0.6 is 0 Å². The minimum atomic E-state index is -0.00447. The molecular formula is C19H27N5. The molecule has 0 unspecified atom stereocenters. The fourth-order valence-electron chi connectivity index (χ4n) is 2.94. The SMILES string of the molecule is Cc1cccc(N2CCN(c3nccc(NC(C)(C)C)n3)CC2)c1. The number of aromatic nitrogens is 2. The van der Waals surface area contributed by atoms with E-state index < -0.39 is 0 Å². The molecule has 1 aromatic heterocycles. The molecule has 5 nitrogen and oxygen atoms in total. The molecule has 0 radical (unpaired) electrons. The van der Waals surface area contributed by atoms with Crippen molar-refractivity contribution in [3.63, 3.8) is 0 Å². The van der Waals surface area contributed by atoms with Gasteiger partial charge in [-0.15, -0.1) is 0 Å². The van der Waals surface area contributed by atoms with Crippen LogP contribution in [0.1, 0.15) is 26.3 Å². The average Bonchev–Trinajstić information content (AvgIpc) is 2.54. The Morgan fingerprint density at radius 3 is 2.38 bits per heavy atom. The summed E-state index contributed by atoms with van der Waals surface area (Å²) in [5.74, 6) is 1.70. The summed E-state index contributed by atoms with van der Waals surface area (Å²) in [5, 5.41) is 3.41. The first-order valence-electron chi connectivity index (χ1n) is 8.58. The lowest BCUT2D eigenvalue weighted by Crippen LogP contribution is -2.47. The van der Waals surface area contributed by atoms with Gasteiger partial charge < -0.3 is 15.1 Å². The smallest absolute Gasteiger partial charge is 0.227 e. The average molecular weight is 325 g/mol. The van der Waals surface area contributed by atoms with Crippen LogP contribution in [0, 0.1) is 6.92 Å². The minimum absolute atomic E-state index is 0.00447. The van der Waals surface area contributed by atoms with Gasteiger partial charge in [0.2, 0.25) is 5.95 Å². The molecule has 1 saturated heterocycles. The maximum Gasteiger partial charge on any atom is 0.227 e. The number of hydrogen-bond donors (Lipinski definition) is 1. The van der Waals surface area contributed by atoms with Gasteiger partial charge in [-0.1, -0.05) is 12.1 Å². The van der Waals surface area contributed by atoms with E-state index in [1.165, 1.54) is 11.3 Å². The molecular weight excluding hydrogens is 298 g/mol. The minimum Gasteiger partial charge on any atom is -0.368 e. The van der Waals surface area contributed by atoms with Gasteiger partial charge in [0.1, 0.15) is 5.82 Å². The Bertz CT molecular complexity index is 684. The van der Waals surface area contributed by atoms with Gasteiger partial charge in [-0.2, -0.15) is 4.98 Å². The van der Waals surface area contributed by atoms with Crippen LogP contribution in [0.3, 0.4) is 0 Å². The van der Waals surface area contributed by atoms with Crippen molar-refractivity contribution in [2.75, 3.05) is 41.3 Å². The molecule has 2 heterocycles. The van der Waals surface area contributed by atoms with E-state index in [9.17, 15) is 0 Å². The predicted octanol–water partition coefficient (Wildman–Crippen LogP) is 3.32. The van der Waals surface area contributed by atoms with Crippen molar-refractivity contribution in [1.82, 2.24) is 9.97 Å². The molecule has 0 bridgehead atoms. The molecule has 0 amide bonds. The highest BCUT2D eigenvalue weighted by Gasteiger charge is 2.20. The number of piperazine rings is 1. The molecule has 1 fully saturated rings. The maximum atomic E-state index is 4.68. The second-order valence-corrected chi connectivity index (χ2v) is 7.43. The van der Waals surface area contributed by atoms with Crippen molar-refractivity contribution >= 4 is 17.5 Å². The Morgan fingerprint density at radius 1 is 1.00 bits per heavy atom. The number of hydrogen-bond acceptors (Lipinski definition) is 5. The number of nitrogens with one attached hydrogen (secondary N) is 1. The summed E-state index contributed by atoms with van der Waals surface area (Å²) in [7, 11) is 0. The van der Waals surface area contributed by atoms with E-state index in [0.29, 0.717) is 0 Å². The molecule has 0 saturated carbocycles. The molecule has 5 heteroatoms. The standard InChI is InChI=1S/C19H27N5/c1-15-6-5-7-16(14-15)23-10-12-24(13-11-23)18-20-9-8-17(21-18)22-19(2,3)4/h5-9,14H,10-13H2,1-4H3,(H,20,21,22). The van der Waals surface area contributed by atoms with Crippen molar-refractivity contribution < 1.29 is 0 Å². The van der Waals surface area contributed by atoms with Crippen molar-refractivity contribution in [2.24, 2.45) is 0 Å². The van der Waals surface area contributed by atoms with Gasteiger partial charge in [0.25, 0.3) is 0 Å². The summed E-state index contributed by atoms with van der Waals surface area (Å²) in [6, 6.07) is 10.6. The molecule has 0 aliphatic carbocycles. The fourth-order valence-corrected chi connectivity index (χ4v) is 2.94. The van der Waals surface area contributed by atoms with Crippen LogP contribution in [0.4, 0.5) is 17.5 Å². The van der Waals surface area contributed by atoms with Crippen LogP contribution in [0.2, 0.25) is 0 Å². The topological polar surface area (TPSA) is 44.3 Å². The van der Waals surface area contributed by atoms with Crippen molar-refractivity contribution in [3.05, 3.63) is 42.1 Å². The molecule has 128 valence electrons. The number of benzene rings is 1. The Kier molecular flexibility index (Phi) is 4.60. The number of anilines is 3. The Hall–Kier alpha value is -2.30. The van der Waals surface area contributed by atoms with E-state index >= 15 is 0 Å². The van der Waals surface area contributed by atoms with E-state index in [1.807, 2.05) is 12.3 Å². The van der Waals surface area contributed by atoms with Crippen LogP contribution in [0.15, 0.2) is 36.5 Å². The third-order valence-electron chi connectivity index (χ3n) is 4.08. The zero-order chi connectivity index (χ0) is 17.2. The Balaban J connectivity index is 1.65. The normalized spacial score (nSPS) is 15.5. The molecule has 3 rings (SSSR count). The van der Waals surface area contributed by atoms with Gasteiger partial charge in [-0.3, -0.25) is 0 Å². The quantitative estimate of drug-likeness (QED) is 0.938. The van der Waals surface area contributed by atoms with E-state index in [4.69, 9.17) is 0 Å². The summed E-state index contributed by atoms with van der Waals surface area (Å²) >= 11 is 0. The summed E-state index contributed by atoms with van der Waals surface area (Å²) < 4.78 is 0. The predicted molar refractivity (Wildman–Crippen MR) is 101 cm³/mol. The molecule has 2 aromatic rings. The van der Waals surface area contributed by atoms with Gasteiger partial charge >= 0.3 is 0 Å². The molecule has 0 atom stereocenters. The first-order valence-corrected chi connectivity index (χ1v) is 8.58. The zero-order valence-corrected chi connectivity index (χ0v) is 15.1. The molecule has 1 aliphatic rings. The van der Waals surface area contributed by atoms with E-state index in [2.05, 4.69) is 77.0 Å². The van der Waals surface area contributed by atoms with Gasteiger partial charge in [0.15, 0.2) is 0 Å². The molecule has 1 aliphatic heterocycles. The summed E-state index contributed by atoms with van der Waals surface area (Å²) in [6.07, 6.45) is 1.84. The van der Waals surface area contributed by atoms with E-state index in [1.54, 1.807) is 0 Å². The monoisotopic (exact) mass is 325 g/mol. The van der Waals surface area contributed by atoms with Gasteiger partial charge in [0.05, 0.1) is 0 Å². The summed E-state index contributed by atoms with van der Waals surface area (Å²) in [4.78, 5) is 13.8. The largest absolute Gasteiger partial charge is 0.368 e. The lowest BCUT2D eigenvalue weighted by molar-refractivity contribution is 0.624. The molecule has 1 N–H and O–H groups in total. The Labute approximate surface area is 144 Å². The molecule has 24 heavy (non-hydrogen) atoms. The number of aryl methyl sites for hydroxylation is 1. The van der Waals surface area contributed by atoms with Crippen molar-refractivity contribution in [1.29, 1.82) is 0 Å². The van der Waals surface area contributed by atoms with Crippen molar-refractivity contribution in [3.8, 4) is 0 Å². The highest BCUT2D eigenvalue weighted by Crippen LogP contribution is 2.20. The van der Waals surface area contributed by atoms with Gasteiger partial charge in [-0.05, 0) is 51.5 Å². The zero-order valence-electron chi connectivity index (χ0n) is 15.1. The molecule has 0 spiro atoms.